The number of thiazole rings is 1. The zero-order valence-corrected chi connectivity index (χ0v) is 16.7. The Bertz CT molecular complexity index is 925. The molecule has 2 heterocycles. The number of amides is 1. The SMILES string of the molecule is O=C(NC1CC1)[C@H](c1ccccc1)N1CCC(c2nc3ccccc3s2)CC1. The molecule has 1 aliphatic heterocycles. The normalized spacial score (nSPS) is 19.6. The largest absolute Gasteiger partial charge is 0.352 e. The van der Waals surface area contributed by atoms with Crippen molar-refractivity contribution >= 4 is 27.5 Å². The molecular weight excluding hydrogens is 366 g/mol. The molecule has 1 saturated heterocycles. The Labute approximate surface area is 169 Å². The summed E-state index contributed by atoms with van der Waals surface area (Å²) in [5.74, 6) is 0.656. The fourth-order valence-electron chi connectivity index (χ4n) is 4.14. The van der Waals surface area contributed by atoms with Crippen molar-refractivity contribution in [3.8, 4) is 0 Å². The van der Waals surface area contributed by atoms with Crippen LogP contribution >= 0.6 is 11.3 Å². The maximum atomic E-state index is 13.0. The molecule has 3 aromatic rings. The Morgan fingerprint density at radius 2 is 1.71 bits per heavy atom. The van der Waals surface area contributed by atoms with E-state index in [1.54, 1.807) is 0 Å². The topological polar surface area (TPSA) is 45.2 Å². The summed E-state index contributed by atoms with van der Waals surface area (Å²) in [6.07, 6.45) is 4.35. The van der Waals surface area contributed by atoms with Gasteiger partial charge < -0.3 is 5.32 Å². The van der Waals surface area contributed by atoms with Crippen LogP contribution in [0.1, 0.15) is 48.2 Å². The molecule has 1 aromatic heterocycles. The lowest BCUT2D eigenvalue weighted by Gasteiger charge is -2.36. The van der Waals surface area contributed by atoms with Crippen LogP contribution in [0.3, 0.4) is 0 Å². The Balaban J connectivity index is 1.32. The third-order valence-corrected chi connectivity index (χ3v) is 7.04. The lowest BCUT2D eigenvalue weighted by atomic mass is 9.94. The van der Waals surface area contributed by atoms with Gasteiger partial charge in [0.25, 0.3) is 0 Å². The van der Waals surface area contributed by atoms with E-state index in [0.29, 0.717) is 12.0 Å². The smallest absolute Gasteiger partial charge is 0.242 e. The zero-order valence-electron chi connectivity index (χ0n) is 15.9. The summed E-state index contributed by atoms with van der Waals surface area (Å²) >= 11 is 1.82. The number of nitrogens with zero attached hydrogens (tertiary/aromatic N) is 2. The molecule has 1 N–H and O–H groups in total. The molecule has 0 unspecified atom stereocenters. The third-order valence-electron chi connectivity index (χ3n) is 5.84. The molecule has 144 valence electrons. The van der Waals surface area contributed by atoms with Crippen molar-refractivity contribution in [3.05, 3.63) is 65.2 Å². The maximum Gasteiger partial charge on any atom is 0.242 e. The predicted octanol–water partition coefficient (Wildman–Crippen LogP) is 4.50. The minimum absolute atomic E-state index is 0.159. The Hall–Kier alpha value is -2.24. The van der Waals surface area contributed by atoms with Gasteiger partial charge in [0.15, 0.2) is 0 Å². The van der Waals surface area contributed by atoms with Crippen LogP contribution in [-0.4, -0.2) is 34.9 Å². The molecule has 5 heteroatoms. The molecule has 2 aromatic carbocycles. The monoisotopic (exact) mass is 391 g/mol. The second-order valence-electron chi connectivity index (χ2n) is 7.93. The number of para-hydroxylation sites is 1. The first-order valence-electron chi connectivity index (χ1n) is 10.2. The number of fused-ring (bicyclic) bond motifs is 1. The minimum Gasteiger partial charge on any atom is -0.352 e. The van der Waals surface area contributed by atoms with Crippen LogP contribution < -0.4 is 5.32 Å². The number of hydrogen-bond donors (Lipinski definition) is 1. The third kappa shape index (κ3) is 3.69. The van der Waals surface area contributed by atoms with Gasteiger partial charge in [-0.25, -0.2) is 4.98 Å². The van der Waals surface area contributed by atoms with E-state index in [1.807, 2.05) is 29.5 Å². The van der Waals surface area contributed by atoms with Crippen LogP contribution in [0.25, 0.3) is 10.2 Å². The van der Waals surface area contributed by atoms with Crippen molar-refractivity contribution in [2.75, 3.05) is 13.1 Å². The average Bonchev–Trinajstić information content (AvgIpc) is 3.44. The number of rotatable bonds is 5. The second-order valence-corrected chi connectivity index (χ2v) is 8.99. The van der Waals surface area contributed by atoms with Crippen LogP contribution in [0, 0.1) is 0 Å². The number of nitrogens with one attached hydrogen (secondary N) is 1. The quantitative estimate of drug-likeness (QED) is 0.697. The van der Waals surface area contributed by atoms with Gasteiger partial charge in [-0.2, -0.15) is 0 Å². The number of aromatic nitrogens is 1. The minimum atomic E-state index is -0.182. The lowest BCUT2D eigenvalue weighted by molar-refractivity contribution is -0.127. The first-order valence-corrected chi connectivity index (χ1v) is 11.0. The van der Waals surface area contributed by atoms with Crippen molar-refractivity contribution < 1.29 is 4.79 Å². The van der Waals surface area contributed by atoms with Crippen LogP contribution in [0.4, 0.5) is 0 Å². The van der Waals surface area contributed by atoms with Crippen molar-refractivity contribution in [1.82, 2.24) is 15.2 Å². The average molecular weight is 392 g/mol. The summed E-state index contributed by atoms with van der Waals surface area (Å²) in [6, 6.07) is 18.8. The molecule has 1 amide bonds. The summed E-state index contributed by atoms with van der Waals surface area (Å²) in [5.41, 5.74) is 2.20. The number of carbonyl (C=O) groups is 1. The molecular formula is C23H25N3OS. The van der Waals surface area contributed by atoms with E-state index < -0.39 is 0 Å². The number of hydrogen-bond acceptors (Lipinski definition) is 4. The van der Waals surface area contributed by atoms with E-state index in [0.717, 1.165) is 49.9 Å². The van der Waals surface area contributed by atoms with E-state index in [9.17, 15) is 4.79 Å². The molecule has 1 saturated carbocycles. The fourth-order valence-corrected chi connectivity index (χ4v) is 5.28. The summed E-state index contributed by atoms with van der Waals surface area (Å²) in [7, 11) is 0. The van der Waals surface area contributed by atoms with E-state index in [2.05, 4.69) is 46.6 Å². The zero-order chi connectivity index (χ0) is 18.9. The van der Waals surface area contributed by atoms with Gasteiger partial charge in [-0.05, 0) is 56.5 Å². The molecule has 4 nitrogen and oxygen atoms in total. The molecule has 1 aliphatic carbocycles. The number of piperidine rings is 1. The van der Waals surface area contributed by atoms with E-state index in [1.165, 1.54) is 9.71 Å². The molecule has 1 atom stereocenters. The van der Waals surface area contributed by atoms with Gasteiger partial charge in [0.05, 0.1) is 15.2 Å². The summed E-state index contributed by atoms with van der Waals surface area (Å²) in [5, 5.41) is 4.47. The Kier molecular flexibility index (Phi) is 4.87. The maximum absolute atomic E-state index is 13.0. The first-order chi connectivity index (χ1) is 13.8. The summed E-state index contributed by atoms with van der Waals surface area (Å²) in [4.78, 5) is 20.2. The van der Waals surface area contributed by atoms with E-state index in [-0.39, 0.29) is 11.9 Å². The van der Waals surface area contributed by atoms with Gasteiger partial charge in [-0.1, -0.05) is 42.5 Å². The van der Waals surface area contributed by atoms with Crippen molar-refractivity contribution in [1.29, 1.82) is 0 Å². The predicted molar refractivity (Wildman–Crippen MR) is 114 cm³/mol. The molecule has 0 spiro atoms. The van der Waals surface area contributed by atoms with Gasteiger partial charge in [0, 0.05) is 12.0 Å². The number of likely N-dealkylation sites (tertiary alicyclic amines) is 1. The van der Waals surface area contributed by atoms with Crippen molar-refractivity contribution in [3.63, 3.8) is 0 Å². The highest BCUT2D eigenvalue weighted by molar-refractivity contribution is 7.18. The summed E-state index contributed by atoms with van der Waals surface area (Å²) < 4.78 is 1.27. The Morgan fingerprint density at radius 1 is 1.00 bits per heavy atom. The molecule has 2 fully saturated rings. The Morgan fingerprint density at radius 3 is 2.43 bits per heavy atom. The molecule has 5 rings (SSSR count). The highest BCUT2D eigenvalue weighted by Crippen LogP contribution is 2.36. The van der Waals surface area contributed by atoms with Gasteiger partial charge in [0.2, 0.25) is 5.91 Å². The molecule has 28 heavy (non-hydrogen) atoms. The highest BCUT2D eigenvalue weighted by atomic mass is 32.1. The van der Waals surface area contributed by atoms with Crippen LogP contribution in [0.15, 0.2) is 54.6 Å². The van der Waals surface area contributed by atoms with Crippen LogP contribution in [0.2, 0.25) is 0 Å². The molecule has 0 radical (unpaired) electrons. The van der Waals surface area contributed by atoms with Gasteiger partial charge in [-0.15, -0.1) is 11.3 Å². The van der Waals surface area contributed by atoms with Gasteiger partial charge >= 0.3 is 0 Å². The van der Waals surface area contributed by atoms with Crippen LogP contribution in [0.5, 0.6) is 0 Å². The molecule has 2 aliphatic rings. The van der Waals surface area contributed by atoms with Crippen molar-refractivity contribution in [2.24, 2.45) is 0 Å². The van der Waals surface area contributed by atoms with Crippen molar-refractivity contribution in [2.45, 2.75) is 43.7 Å². The lowest BCUT2D eigenvalue weighted by Crippen LogP contribution is -2.44. The van der Waals surface area contributed by atoms with Crippen LogP contribution in [-0.2, 0) is 4.79 Å². The fraction of sp³-hybridized carbons (Fsp3) is 0.391. The van der Waals surface area contributed by atoms with E-state index in [4.69, 9.17) is 4.98 Å². The number of benzene rings is 2. The standard InChI is InChI=1S/C23H25N3OS/c27-22(24-18-10-11-18)21(16-6-2-1-3-7-16)26-14-12-17(13-15-26)23-25-19-8-4-5-9-20(19)28-23/h1-9,17-18,21H,10-15H2,(H,24,27)/t21-/m0/s1. The highest BCUT2D eigenvalue weighted by Gasteiger charge is 2.34. The summed E-state index contributed by atoms with van der Waals surface area (Å²) in [6.45, 7) is 1.86. The first kappa shape index (κ1) is 17.8. The second kappa shape index (κ2) is 7.64. The molecule has 0 bridgehead atoms. The van der Waals surface area contributed by atoms with Gasteiger partial charge in [-0.3, -0.25) is 9.69 Å². The van der Waals surface area contributed by atoms with Gasteiger partial charge in [0.1, 0.15) is 6.04 Å². The van der Waals surface area contributed by atoms with E-state index >= 15 is 0 Å². The number of carbonyl (C=O) groups excluding carboxylic acids is 1.